The van der Waals surface area contributed by atoms with E-state index >= 15 is 0 Å². The van der Waals surface area contributed by atoms with Crippen molar-refractivity contribution in [2.45, 2.75) is 88.5 Å². The van der Waals surface area contributed by atoms with E-state index in [1.165, 1.54) is 12.1 Å². The number of amides is 3. The van der Waals surface area contributed by atoms with Gasteiger partial charge in [0.15, 0.2) is 13.9 Å². The highest BCUT2D eigenvalue weighted by atomic mass is 28.4. The molecule has 0 bridgehead atoms. The van der Waals surface area contributed by atoms with Gasteiger partial charge in [0.1, 0.15) is 0 Å². The van der Waals surface area contributed by atoms with E-state index in [2.05, 4.69) is 0 Å². The van der Waals surface area contributed by atoms with Gasteiger partial charge in [0.05, 0.1) is 42.3 Å². The molecule has 12 nitrogen and oxygen atoms in total. The van der Waals surface area contributed by atoms with Gasteiger partial charge in [0.2, 0.25) is 11.8 Å². The molecule has 0 unspecified atom stereocenters. The van der Waals surface area contributed by atoms with Crippen LogP contribution < -0.4 is 9.80 Å². The maximum atomic E-state index is 14.9. The summed E-state index contributed by atoms with van der Waals surface area (Å²) in [6, 6.07) is 19.2. The molecular formula is C38H44N4O8Si. The molecule has 0 aliphatic carbocycles. The molecule has 2 saturated heterocycles. The number of nitro groups is 1. The van der Waals surface area contributed by atoms with Crippen LogP contribution in [0.15, 0.2) is 66.7 Å². The average Bonchev–Trinajstić information content (AvgIpc) is 3.53. The van der Waals surface area contributed by atoms with Crippen LogP contribution in [0.25, 0.3) is 0 Å². The predicted octanol–water partition coefficient (Wildman–Crippen LogP) is 4.79. The van der Waals surface area contributed by atoms with E-state index in [0.29, 0.717) is 37.2 Å². The van der Waals surface area contributed by atoms with Crippen LogP contribution in [-0.2, 0) is 44.2 Å². The second-order valence-electron chi connectivity index (χ2n) is 14.9. The van der Waals surface area contributed by atoms with Crippen LogP contribution in [0.5, 0.6) is 0 Å². The zero-order valence-corrected chi connectivity index (χ0v) is 30.2. The number of benzene rings is 3. The summed E-state index contributed by atoms with van der Waals surface area (Å²) in [5.74, 6) is -1.19. The Morgan fingerprint density at radius 3 is 2.45 bits per heavy atom. The third-order valence-electron chi connectivity index (χ3n) is 11.4. The van der Waals surface area contributed by atoms with Crippen LogP contribution in [0.2, 0.25) is 18.6 Å². The minimum atomic E-state index is -3.14. The van der Waals surface area contributed by atoms with E-state index in [1.54, 1.807) is 33.9 Å². The maximum absolute atomic E-state index is 14.9. The average molecular weight is 713 g/mol. The normalized spacial score (nSPS) is 26.1. The Hall–Kier alpha value is -4.43. The summed E-state index contributed by atoms with van der Waals surface area (Å²) in [5, 5.41) is 22.3. The number of nitrogens with zero attached hydrogens (tertiary/aromatic N) is 4. The molecule has 0 aromatic heterocycles. The molecule has 5 atom stereocenters. The Balaban J connectivity index is 1.22. The van der Waals surface area contributed by atoms with E-state index in [0.717, 1.165) is 35.2 Å². The molecule has 4 aliphatic heterocycles. The number of carbonyl (C=O) groups excluding carboxylic acids is 3. The Morgan fingerprint density at radius 1 is 1.06 bits per heavy atom. The number of aliphatic hydroxyl groups is 1. The Morgan fingerprint density at radius 2 is 1.78 bits per heavy atom. The predicted molar refractivity (Wildman–Crippen MR) is 192 cm³/mol. The monoisotopic (exact) mass is 712 g/mol. The third kappa shape index (κ3) is 6.05. The van der Waals surface area contributed by atoms with Crippen molar-refractivity contribution < 1.29 is 33.9 Å². The zero-order valence-electron chi connectivity index (χ0n) is 29.2. The van der Waals surface area contributed by atoms with Crippen LogP contribution in [0.4, 0.5) is 17.1 Å². The number of aliphatic hydroxyl groups excluding tert-OH is 1. The van der Waals surface area contributed by atoms with Crippen molar-refractivity contribution in [2.75, 3.05) is 23.0 Å². The standard InChI is InChI=1S/C38H44N4O8Si/c1-24-36(51(2,3)49)33(20-35(45)40-22-27-9-5-4-8-26(27)18-30(40)23-43)50-38(24)31-19-29(42(47)48)15-16-32(31)41(37(38)46)21-25-11-13-28(14-12-25)39-17-7-6-10-34(39)44/h4-5,8-9,11-16,19,24,30,33,36,43,49H,6-7,10,17-18,20-23H2,1-3H3/t24-,30-,33+,36-,38+/m0/s1. The lowest BCUT2D eigenvalue weighted by atomic mass is 9.82. The molecule has 51 heavy (non-hydrogen) atoms. The lowest BCUT2D eigenvalue weighted by Crippen LogP contribution is -2.48. The fraction of sp³-hybridized carbons (Fsp3) is 0.447. The molecule has 3 aromatic rings. The third-order valence-corrected chi connectivity index (χ3v) is 13.9. The van der Waals surface area contributed by atoms with Gasteiger partial charge in [-0.3, -0.25) is 24.5 Å². The number of non-ortho nitro benzene ring substituents is 1. The number of ether oxygens (including phenoxy) is 1. The summed E-state index contributed by atoms with van der Waals surface area (Å²) < 4.78 is 6.82. The first kappa shape index (κ1) is 35.0. The van der Waals surface area contributed by atoms with Crippen molar-refractivity contribution in [3.8, 4) is 0 Å². The van der Waals surface area contributed by atoms with Gasteiger partial charge >= 0.3 is 0 Å². The molecule has 268 valence electrons. The molecular weight excluding hydrogens is 669 g/mol. The first-order valence-corrected chi connectivity index (χ1v) is 20.7. The van der Waals surface area contributed by atoms with E-state index in [4.69, 9.17) is 4.74 Å². The van der Waals surface area contributed by atoms with Crippen LogP contribution in [-0.4, -0.2) is 71.1 Å². The summed E-state index contributed by atoms with van der Waals surface area (Å²) in [6.45, 7) is 6.29. The SMILES string of the molecule is C[C@H]1[C@H]([Si](C)(C)O)[C@@H](CC(=O)N2Cc3ccccc3C[C@H]2CO)O[C@]12C(=O)N(Cc1ccc(N3CCCCC3=O)cc1)c1ccc([N+](=O)[O-])cc12. The van der Waals surface area contributed by atoms with E-state index in [1.807, 2.05) is 55.5 Å². The number of fused-ring (bicyclic) bond motifs is 3. The Kier molecular flexibility index (Phi) is 9.11. The number of hydrogen-bond acceptors (Lipinski definition) is 8. The summed E-state index contributed by atoms with van der Waals surface area (Å²) in [5.41, 5.74) is 2.07. The highest BCUT2D eigenvalue weighted by Crippen LogP contribution is 2.60. The molecule has 4 heterocycles. The first-order chi connectivity index (χ1) is 24.3. The summed E-state index contributed by atoms with van der Waals surface area (Å²) >= 11 is 0. The van der Waals surface area contributed by atoms with Crippen molar-refractivity contribution in [2.24, 2.45) is 5.92 Å². The molecule has 2 N–H and O–H groups in total. The van der Waals surface area contributed by atoms with Gasteiger partial charge in [-0.05, 0) is 67.2 Å². The minimum absolute atomic E-state index is 0.0866. The molecule has 13 heteroatoms. The molecule has 1 spiro atoms. The van der Waals surface area contributed by atoms with Crippen molar-refractivity contribution in [3.05, 3.63) is 99.1 Å². The van der Waals surface area contributed by atoms with Crippen LogP contribution >= 0.6 is 0 Å². The fourth-order valence-electron chi connectivity index (χ4n) is 8.91. The lowest BCUT2D eigenvalue weighted by Gasteiger charge is -2.37. The van der Waals surface area contributed by atoms with Crippen LogP contribution in [0.1, 0.15) is 54.9 Å². The van der Waals surface area contributed by atoms with Gasteiger partial charge in [0, 0.05) is 54.4 Å². The molecule has 0 radical (unpaired) electrons. The molecule has 0 saturated carbocycles. The molecule has 7 rings (SSSR count). The largest absolute Gasteiger partial charge is 0.432 e. The number of piperidine rings is 1. The Bertz CT molecular complexity index is 1880. The summed E-state index contributed by atoms with van der Waals surface area (Å²) in [7, 11) is -3.14. The number of hydrogen-bond donors (Lipinski definition) is 2. The number of rotatable bonds is 8. The summed E-state index contributed by atoms with van der Waals surface area (Å²) in [4.78, 5) is 69.7. The first-order valence-electron chi connectivity index (χ1n) is 17.7. The lowest BCUT2D eigenvalue weighted by molar-refractivity contribution is -0.385. The molecule has 4 aliphatic rings. The van der Waals surface area contributed by atoms with Crippen LogP contribution in [0, 0.1) is 16.0 Å². The Labute approximate surface area is 297 Å². The van der Waals surface area contributed by atoms with Gasteiger partial charge in [0.25, 0.3) is 11.6 Å². The second kappa shape index (κ2) is 13.3. The number of carbonyl (C=O) groups is 3. The topological polar surface area (TPSA) is 154 Å². The van der Waals surface area contributed by atoms with Gasteiger partial charge < -0.3 is 29.3 Å². The quantitative estimate of drug-likeness (QED) is 0.192. The maximum Gasteiger partial charge on any atom is 0.269 e. The van der Waals surface area contributed by atoms with Gasteiger partial charge in [-0.25, -0.2) is 0 Å². The van der Waals surface area contributed by atoms with Gasteiger partial charge in [-0.2, -0.15) is 0 Å². The molecule has 2 fully saturated rings. The van der Waals surface area contributed by atoms with Gasteiger partial charge in [-0.1, -0.05) is 43.3 Å². The number of anilines is 2. The molecule has 3 aromatic carbocycles. The van der Waals surface area contributed by atoms with E-state index in [9.17, 15) is 34.4 Å². The van der Waals surface area contributed by atoms with Crippen molar-refractivity contribution >= 4 is 43.1 Å². The fourth-order valence-corrected chi connectivity index (χ4v) is 11.5. The summed E-state index contributed by atoms with van der Waals surface area (Å²) in [6.07, 6.45) is 1.87. The smallest absolute Gasteiger partial charge is 0.269 e. The zero-order chi connectivity index (χ0) is 36.2. The van der Waals surface area contributed by atoms with Gasteiger partial charge in [-0.15, -0.1) is 0 Å². The van der Waals surface area contributed by atoms with Crippen molar-refractivity contribution in [3.63, 3.8) is 0 Å². The van der Waals surface area contributed by atoms with E-state index < -0.39 is 48.4 Å². The van der Waals surface area contributed by atoms with E-state index in [-0.39, 0.29) is 37.1 Å². The highest BCUT2D eigenvalue weighted by molar-refractivity contribution is 6.71. The van der Waals surface area contributed by atoms with Crippen LogP contribution in [0.3, 0.4) is 0 Å². The molecule has 3 amide bonds. The van der Waals surface area contributed by atoms with Crippen molar-refractivity contribution in [1.29, 1.82) is 0 Å². The second-order valence-corrected chi connectivity index (χ2v) is 18.9. The minimum Gasteiger partial charge on any atom is -0.432 e. The highest BCUT2D eigenvalue weighted by Gasteiger charge is 2.66. The number of nitro benzene ring substituents is 1. The van der Waals surface area contributed by atoms with Crippen molar-refractivity contribution in [1.82, 2.24) is 4.90 Å².